The molecule has 6 heteroatoms. The van der Waals surface area contributed by atoms with E-state index in [9.17, 15) is 0 Å². The third-order valence-electron chi connectivity index (χ3n) is 2.84. The van der Waals surface area contributed by atoms with Crippen molar-refractivity contribution in [2.75, 3.05) is 0 Å². The molecular weight excluding hydrogens is 250 g/mol. The van der Waals surface area contributed by atoms with E-state index in [-0.39, 0.29) is 12.4 Å². The Morgan fingerprint density at radius 3 is 2.61 bits per heavy atom. The molecule has 18 heavy (non-hydrogen) atoms. The monoisotopic (exact) mass is 269 g/mol. The predicted octanol–water partition coefficient (Wildman–Crippen LogP) is 1.66. The van der Waals surface area contributed by atoms with Crippen molar-refractivity contribution in [2.45, 2.75) is 33.5 Å². The zero-order valence-corrected chi connectivity index (χ0v) is 11.9. The van der Waals surface area contributed by atoms with Crippen LogP contribution in [0.4, 0.5) is 0 Å². The maximum Gasteiger partial charge on any atom is 0.0551 e. The molecule has 0 saturated carbocycles. The molecule has 2 aromatic heterocycles. The highest BCUT2D eigenvalue weighted by molar-refractivity contribution is 5.85. The summed E-state index contributed by atoms with van der Waals surface area (Å²) < 4.78 is 3.85. The van der Waals surface area contributed by atoms with Gasteiger partial charge in [0.25, 0.3) is 0 Å². The van der Waals surface area contributed by atoms with E-state index in [1.807, 2.05) is 35.0 Å². The standard InChI is InChI=1S/C12H19N5.ClH/c1-4-17-12(10(2)5-15-17)8-13-6-11-7-14-16(3)9-11;/h5,7,9,13H,4,6,8H2,1-3H3;1H. The minimum absolute atomic E-state index is 0. The van der Waals surface area contributed by atoms with E-state index in [1.54, 1.807) is 0 Å². The van der Waals surface area contributed by atoms with Gasteiger partial charge in [0.1, 0.15) is 0 Å². The molecule has 0 radical (unpaired) electrons. The summed E-state index contributed by atoms with van der Waals surface area (Å²) >= 11 is 0. The molecule has 2 heterocycles. The molecule has 1 N–H and O–H groups in total. The van der Waals surface area contributed by atoms with Crippen molar-refractivity contribution in [3.63, 3.8) is 0 Å². The van der Waals surface area contributed by atoms with E-state index in [0.717, 1.165) is 19.6 Å². The first-order valence-electron chi connectivity index (χ1n) is 5.90. The average Bonchev–Trinajstić information content (AvgIpc) is 2.87. The number of halogens is 1. The minimum atomic E-state index is 0. The molecule has 0 aromatic carbocycles. The first kappa shape index (κ1) is 14.7. The molecule has 0 aliphatic heterocycles. The van der Waals surface area contributed by atoms with Gasteiger partial charge < -0.3 is 5.32 Å². The number of nitrogens with zero attached hydrogens (tertiary/aromatic N) is 4. The summed E-state index contributed by atoms with van der Waals surface area (Å²) in [5.74, 6) is 0. The van der Waals surface area contributed by atoms with Crippen LogP contribution in [-0.2, 0) is 26.7 Å². The molecule has 2 aromatic rings. The van der Waals surface area contributed by atoms with Gasteiger partial charge in [0.2, 0.25) is 0 Å². The summed E-state index contributed by atoms with van der Waals surface area (Å²) in [5.41, 5.74) is 3.70. The molecule has 0 saturated heterocycles. The summed E-state index contributed by atoms with van der Waals surface area (Å²) in [7, 11) is 1.93. The molecule has 0 amide bonds. The first-order chi connectivity index (χ1) is 8.20. The van der Waals surface area contributed by atoms with Gasteiger partial charge >= 0.3 is 0 Å². The van der Waals surface area contributed by atoms with Gasteiger partial charge in [-0.05, 0) is 19.4 Å². The lowest BCUT2D eigenvalue weighted by atomic mass is 10.2. The number of hydrogen-bond acceptors (Lipinski definition) is 3. The number of rotatable bonds is 5. The van der Waals surface area contributed by atoms with Gasteiger partial charge in [0.15, 0.2) is 0 Å². The molecule has 0 unspecified atom stereocenters. The zero-order chi connectivity index (χ0) is 12.3. The Morgan fingerprint density at radius 2 is 2.00 bits per heavy atom. The summed E-state index contributed by atoms with van der Waals surface area (Å²) in [5, 5.41) is 11.9. The van der Waals surface area contributed by atoms with Crippen molar-refractivity contribution in [3.8, 4) is 0 Å². The summed E-state index contributed by atoms with van der Waals surface area (Å²) in [6.45, 7) is 6.80. The molecule has 0 atom stereocenters. The van der Waals surface area contributed by atoms with E-state index >= 15 is 0 Å². The SMILES string of the molecule is CCn1ncc(C)c1CNCc1cnn(C)c1.Cl. The second-order valence-corrected chi connectivity index (χ2v) is 4.22. The molecule has 0 aliphatic carbocycles. The predicted molar refractivity (Wildman–Crippen MR) is 73.6 cm³/mol. The van der Waals surface area contributed by atoms with Crippen LogP contribution in [0.1, 0.15) is 23.7 Å². The number of nitrogens with one attached hydrogen (secondary N) is 1. The van der Waals surface area contributed by atoms with Crippen molar-refractivity contribution in [1.82, 2.24) is 24.9 Å². The molecule has 0 spiro atoms. The molecule has 5 nitrogen and oxygen atoms in total. The van der Waals surface area contributed by atoms with Crippen molar-refractivity contribution in [2.24, 2.45) is 7.05 Å². The third kappa shape index (κ3) is 3.34. The van der Waals surface area contributed by atoms with Crippen LogP contribution < -0.4 is 5.32 Å². The Morgan fingerprint density at radius 1 is 1.22 bits per heavy atom. The Kier molecular flexibility index (Phi) is 5.37. The lowest BCUT2D eigenvalue weighted by Crippen LogP contribution is -2.16. The van der Waals surface area contributed by atoms with Crippen molar-refractivity contribution in [3.05, 3.63) is 35.4 Å². The van der Waals surface area contributed by atoms with E-state index in [4.69, 9.17) is 0 Å². The Balaban J connectivity index is 0.00000162. The van der Waals surface area contributed by atoms with E-state index in [1.165, 1.54) is 16.8 Å². The highest BCUT2D eigenvalue weighted by atomic mass is 35.5. The van der Waals surface area contributed by atoms with Crippen LogP contribution in [0.15, 0.2) is 18.6 Å². The largest absolute Gasteiger partial charge is 0.307 e. The number of hydrogen-bond donors (Lipinski definition) is 1. The average molecular weight is 270 g/mol. The van der Waals surface area contributed by atoms with Gasteiger partial charge in [-0.25, -0.2) is 0 Å². The number of aromatic nitrogens is 4. The van der Waals surface area contributed by atoms with Gasteiger partial charge in [0.05, 0.1) is 18.1 Å². The van der Waals surface area contributed by atoms with Crippen LogP contribution >= 0.6 is 12.4 Å². The normalized spacial score (nSPS) is 10.4. The molecule has 0 bridgehead atoms. The van der Waals surface area contributed by atoms with Crippen molar-refractivity contribution < 1.29 is 0 Å². The van der Waals surface area contributed by atoms with Crippen LogP contribution in [0.2, 0.25) is 0 Å². The maximum absolute atomic E-state index is 4.32. The smallest absolute Gasteiger partial charge is 0.0551 e. The highest BCUT2D eigenvalue weighted by Crippen LogP contribution is 2.07. The van der Waals surface area contributed by atoms with E-state index in [0.29, 0.717) is 0 Å². The first-order valence-corrected chi connectivity index (χ1v) is 5.90. The van der Waals surface area contributed by atoms with Crippen LogP contribution in [0, 0.1) is 6.92 Å². The van der Waals surface area contributed by atoms with Crippen LogP contribution in [0.5, 0.6) is 0 Å². The van der Waals surface area contributed by atoms with Gasteiger partial charge in [-0.1, -0.05) is 0 Å². The van der Waals surface area contributed by atoms with Gasteiger partial charge in [-0.15, -0.1) is 12.4 Å². The summed E-state index contributed by atoms with van der Waals surface area (Å²) in [6.07, 6.45) is 5.83. The van der Waals surface area contributed by atoms with Crippen LogP contribution in [0.25, 0.3) is 0 Å². The Hall–Kier alpha value is -1.33. The minimum Gasteiger partial charge on any atom is -0.307 e. The van der Waals surface area contributed by atoms with Crippen LogP contribution in [0.3, 0.4) is 0 Å². The lowest BCUT2D eigenvalue weighted by Gasteiger charge is -2.07. The Bertz CT molecular complexity index is 488. The molecular formula is C12H20ClN5. The number of aryl methyl sites for hydroxylation is 3. The zero-order valence-electron chi connectivity index (χ0n) is 11.1. The van der Waals surface area contributed by atoms with E-state index in [2.05, 4.69) is 29.4 Å². The molecule has 0 fully saturated rings. The lowest BCUT2D eigenvalue weighted by molar-refractivity contribution is 0.579. The van der Waals surface area contributed by atoms with Crippen molar-refractivity contribution >= 4 is 12.4 Å². The topological polar surface area (TPSA) is 47.7 Å². The molecule has 2 rings (SSSR count). The maximum atomic E-state index is 4.32. The van der Waals surface area contributed by atoms with E-state index < -0.39 is 0 Å². The summed E-state index contributed by atoms with van der Waals surface area (Å²) in [6, 6.07) is 0. The third-order valence-corrected chi connectivity index (χ3v) is 2.84. The fourth-order valence-electron chi connectivity index (χ4n) is 1.90. The molecule has 100 valence electrons. The second kappa shape index (κ2) is 6.56. The summed E-state index contributed by atoms with van der Waals surface area (Å²) in [4.78, 5) is 0. The van der Waals surface area contributed by atoms with Gasteiger partial charge in [-0.2, -0.15) is 10.2 Å². The van der Waals surface area contributed by atoms with Crippen molar-refractivity contribution in [1.29, 1.82) is 0 Å². The van der Waals surface area contributed by atoms with Crippen LogP contribution in [-0.4, -0.2) is 19.6 Å². The quantitative estimate of drug-likeness (QED) is 0.898. The fourth-order valence-corrected chi connectivity index (χ4v) is 1.90. The highest BCUT2D eigenvalue weighted by Gasteiger charge is 2.05. The Labute approximate surface area is 114 Å². The van der Waals surface area contributed by atoms with Gasteiger partial charge in [-0.3, -0.25) is 9.36 Å². The van der Waals surface area contributed by atoms with Gasteiger partial charge in [0, 0.05) is 38.4 Å². The second-order valence-electron chi connectivity index (χ2n) is 4.22. The fraction of sp³-hybridized carbons (Fsp3) is 0.500. The molecule has 0 aliphatic rings.